The van der Waals surface area contributed by atoms with Crippen molar-refractivity contribution in [1.82, 2.24) is 0 Å². The average molecular weight is 225 g/mol. The van der Waals surface area contributed by atoms with Crippen LogP contribution in [-0.2, 0) is 0 Å². The molecule has 17 heavy (non-hydrogen) atoms. The van der Waals surface area contributed by atoms with Gasteiger partial charge in [0.15, 0.2) is 5.78 Å². The molecule has 0 aliphatic heterocycles. The third kappa shape index (κ3) is 2.53. The van der Waals surface area contributed by atoms with Crippen LogP contribution in [-0.4, -0.2) is 12.8 Å². The van der Waals surface area contributed by atoms with Crippen LogP contribution in [0.15, 0.2) is 48.5 Å². The van der Waals surface area contributed by atoms with Gasteiger partial charge in [0, 0.05) is 23.9 Å². The van der Waals surface area contributed by atoms with Crippen molar-refractivity contribution in [3.05, 3.63) is 65.2 Å². The molecule has 0 saturated carbocycles. The van der Waals surface area contributed by atoms with Crippen LogP contribution in [0.2, 0.25) is 0 Å². The lowest BCUT2D eigenvalue weighted by Gasteiger charge is -2.04. The summed E-state index contributed by atoms with van der Waals surface area (Å²) in [4.78, 5) is 12.2. The van der Waals surface area contributed by atoms with E-state index in [2.05, 4.69) is 5.32 Å². The van der Waals surface area contributed by atoms with Crippen LogP contribution in [0.25, 0.3) is 0 Å². The van der Waals surface area contributed by atoms with Crippen LogP contribution in [0, 0.1) is 6.92 Å². The Morgan fingerprint density at radius 1 is 1.00 bits per heavy atom. The molecule has 1 N–H and O–H groups in total. The molecule has 0 bridgehead atoms. The van der Waals surface area contributed by atoms with E-state index in [-0.39, 0.29) is 5.78 Å². The third-order valence-electron chi connectivity index (χ3n) is 2.72. The Bertz CT molecular complexity index is 529. The van der Waals surface area contributed by atoms with E-state index in [0.717, 1.165) is 22.4 Å². The van der Waals surface area contributed by atoms with Gasteiger partial charge in [-0.3, -0.25) is 4.79 Å². The zero-order valence-electron chi connectivity index (χ0n) is 10.0. The molecule has 0 aliphatic carbocycles. The minimum absolute atomic E-state index is 0.0661. The fourth-order valence-electron chi connectivity index (χ4n) is 1.74. The van der Waals surface area contributed by atoms with Gasteiger partial charge < -0.3 is 5.32 Å². The van der Waals surface area contributed by atoms with E-state index in [4.69, 9.17) is 0 Å². The average Bonchev–Trinajstić information content (AvgIpc) is 2.38. The number of hydrogen-bond donors (Lipinski definition) is 1. The summed E-state index contributed by atoms with van der Waals surface area (Å²) >= 11 is 0. The Morgan fingerprint density at radius 3 is 2.29 bits per heavy atom. The SMILES string of the molecule is CNc1ccc(C(=O)c2cccc(C)c2)cc1. The van der Waals surface area contributed by atoms with E-state index in [1.807, 2.05) is 62.5 Å². The first-order valence-corrected chi connectivity index (χ1v) is 5.60. The Morgan fingerprint density at radius 2 is 1.71 bits per heavy atom. The standard InChI is InChI=1S/C15H15NO/c1-11-4-3-5-13(10-11)15(17)12-6-8-14(16-2)9-7-12/h3-10,16H,1-2H3. The molecule has 0 radical (unpaired) electrons. The number of hydrogen-bond acceptors (Lipinski definition) is 2. The highest BCUT2D eigenvalue weighted by molar-refractivity contribution is 6.09. The number of anilines is 1. The predicted molar refractivity (Wildman–Crippen MR) is 70.6 cm³/mol. The van der Waals surface area contributed by atoms with Crippen molar-refractivity contribution in [3.8, 4) is 0 Å². The quantitative estimate of drug-likeness (QED) is 0.812. The second-order valence-corrected chi connectivity index (χ2v) is 4.03. The van der Waals surface area contributed by atoms with E-state index in [0.29, 0.717) is 0 Å². The van der Waals surface area contributed by atoms with Crippen molar-refractivity contribution < 1.29 is 4.79 Å². The third-order valence-corrected chi connectivity index (χ3v) is 2.72. The summed E-state index contributed by atoms with van der Waals surface area (Å²) in [6.45, 7) is 1.99. The van der Waals surface area contributed by atoms with Gasteiger partial charge in [0.05, 0.1) is 0 Å². The summed E-state index contributed by atoms with van der Waals surface area (Å²) in [5, 5.41) is 3.03. The lowest BCUT2D eigenvalue weighted by molar-refractivity contribution is 0.103. The monoisotopic (exact) mass is 225 g/mol. The van der Waals surface area contributed by atoms with Crippen molar-refractivity contribution in [2.45, 2.75) is 6.92 Å². The van der Waals surface area contributed by atoms with Crippen LogP contribution >= 0.6 is 0 Å². The fraction of sp³-hybridized carbons (Fsp3) is 0.133. The van der Waals surface area contributed by atoms with E-state index >= 15 is 0 Å². The summed E-state index contributed by atoms with van der Waals surface area (Å²) in [5.74, 6) is 0.0661. The smallest absolute Gasteiger partial charge is 0.193 e. The molecular weight excluding hydrogens is 210 g/mol. The van der Waals surface area contributed by atoms with Crippen LogP contribution in [0.4, 0.5) is 5.69 Å². The molecule has 0 spiro atoms. The summed E-state index contributed by atoms with van der Waals surface area (Å²) in [6, 6.07) is 15.2. The zero-order valence-corrected chi connectivity index (χ0v) is 10.0. The summed E-state index contributed by atoms with van der Waals surface area (Å²) in [5.41, 5.74) is 3.56. The number of nitrogens with one attached hydrogen (secondary N) is 1. The Balaban J connectivity index is 2.30. The Kier molecular flexibility index (Phi) is 3.24. The second-order valence-electron chi connectivity index (χ2n) is 4.03. The van der Waals surface area contributed by atoms with Gasteiger partial charge in [-0.1, -0.05) is 23.8 Å². The zero-order chi connectivity index (χ0) is 12.3. The van der Waals surface area contributed by atoms with Crippen LogP contribution in [0.1, 0.15) is 21.5 Å². The molecule has 0 aromatic heterocycles. The second kappa shape index (κ2) is 4.83. The maximum Gasteiger partial charge on any atom is 0.193 e. The minimum Gasteiger partial charge on any atom is -0.388 e. The van der Waals surface area contributed by atoms with Gasteiger partial charge in [-0.25, -0.2) is 0 Å². The lowest BCUT2D eigenvalue weighted by atomic mass is 10.0. The molecule has 2 aromatic carbocycles. The van der Waals surface area contributed by atoms with E-state index in [1.54, 1.807) is 0 Å². The normalized spacial score (nSPS) is 10.0. The molecule has 0 fully saturated rings. The molecule has 0 aliphatic rings. The highest BCUT2D eigenvalue weighted by Gasteiger charge is 2.08. The molecule has 0 unspecified atom stereocenters. The number of ketones is 1. The number of aryl methyl sites for hydroxylation is 1. The maximum absolute atomic E-state index is 12.2. The van der Waals surface area contributed by atoms with Gasteiger partial charge >= 0.3 is 0 Å². The summed E-state index contributed by atoms with van der Waals surface area (Å²) < 4.78 is 0. The summed E-state index contributed by atoms with van der Waals surface area (Å²) in [6.07, 6.45) is 0. The van der Waals surface area contributed by atoms with Crippen LogP contribution in [0.3, 0.4) is 0 Å². The first kappa shape index (κ1) is 11.4. The number of carbonyl (C=O) groups excluding carboxylic acids is 1. The van der Waals surface area contributed by atoms with Crippen LogP contribution < -0.4 is 5.32 Å². The van der Waals surface area contributed by atoms with Gasteiger partial charge in [0.1, 0.15) is 0 Å². The molecule has 0 saturated heterocycles. The number of carbonyl (C=O) groups is 1. The molecule has 86 valence electrons. The van der Waals surface area contributed by atoms with Crippen molar-refractivity contribution in [1.29, 1.82) is 0 Å². The van der Waals surface area contributed by atoms with E-state index in [9.17, 15) is 4.79 Å². The number of rotatable bonds is 3. The number of benzene rings is 2. The Hall–Kier alpha value is -2.09. The topological polar surface area (TPSA) is 29.1 Å². The van der Waals surface area contributed by atoms with Crippen molar-refractivity contribution in [3.63, 3.8) is 0 Å². The lowest BCUT2D eigenvalue weighted by Crippen LogP contribution is -2.01. The summed E-state index contributed by atoms with van der Waals surface area (Å²) in [7, 11) is 1.86. The van der Waals surface area contributed by atoms with Crippen molar-refractivity contribution in [2.24, 2.45) is 0 Å². The van der Waals surface area contributed by atoms with E-state index < -0.39 is 0 Å². The fourth-order valence-corrected chi connectivity index (χ4v) is 1.74. The molecule has 0 heterocycles. The minimum atomic E-state index is 0.0661. The molecule has 2 aromatic rings. The van der Waals surface area contributed by atoms with E-state index in [1.165, 1.54) is 0 Å². The largest absolute Gasteiger partial charge is 0.388 e. The van der Waals surface area contributed by atoms with Gasteiger partial charge in [-0.15, -0.1) is 0 Å². The molecule has 2 rings (SSSR count). The van der Waals surface area contributed by atoms with Crippen LogP contribution in [0.5, 0.6) is 0 Å². The van der Waals surface area contributed by atoms with Gasteiger partial charge in [0.25, 0.3) is 0 Å². The molecule has 2 nitrogen and oxygen atoms in total. The van der Waals surface area contributed by atoms with Gasteiger partial charge in [-0.05, 0) is 37.3 Å². The molecule has 0 amide bonds. The highest BCUT2D eigenvalue weighted by Crippen LogP contribution is 2.14. The first-order valence-electron chi connectivity index (χ1n) is 5.60. The first-order chi connectivity index (χ1) is 8.20. The predicted octanol–water partition coefficient (Wildman–Crippen LogP) is 3.27. The van der Waals surface area contributed by atoms with Gasteiger partial charge in [-0.2, -0.15) is 0 Å². The van der Waals surface area contributed by atoms with Gasteiger partial charge in [0.2, 0.25) is 0 Å². The van der Waals surface area contributed by atoms with Crippen molar-refractivity contribution in [2.75, 3.05) is 12.4 Å². The maximum atomic E-state index is 12.2. The molecule has 0 atom stereocenters. The van der Waals surface area contributed by atoms with Crippen molar-refractivity contribution >= 4 is 11.5 Å². The molecular formula is C15H15NO. The highest BCUT2D eigenvalue weighted by atomic mass is 16.1. The molecule has 2 heteroatoms. The Labute approximate surface area is 101 Å².